The average Bonchev–Trinajstić information content (AvgIpc) is 2.90. The van der Waals surface area contributed by atoms with Gasteiger partial charge in [-0.25, -0.2) is 4.79 Å². The van der Waals surface area contributed by atoms with E-state index in [4.69, 9.17) is 0 Å². The lowest BCUT2D eigenvalue weighted by Crippen LogP contribution is -2.40. The summed E-state index contributed by atoms with van der Waals surface area (Å²) < 4.78 is 0. The number of carbonyl (C=O) groups excluding carboxylic acids is 2. The van der Waals surface area contributed by atoms with Crippen molar-refractivity contribution in [2.24, 2.45) is 5.10 Å². The highest BCUT2D eigenvalue weighted by molar-refractivity contribution is 6.08. The molecule has 0 unspecified atom stereocenters. The normalized spacial score (nSPS) is 20.1. The number of rotatable bonds is 3. The molecule has 1 saturated heterocycles. The third kappa shape index (κ3) is 2.54. The molecule has 0 radical (unpaired) electrons. The van der Waals surface area contributed by atoms with Crippen LogP contribution in [0.2, 0.25) is 0 Å². The fraction of sp³-hybridized carbons (Fsp3) is 0.0952. The first kappa shape index (κ1) is 16.0. The van der Waals surface area contributed by atoms with Crippen molar-refractivity contribution in [1.29, 1.82) is 0 Å². The maximum Gasteiger partial charge on any atom is 0.346 e. The van der Waals surface area contributed by atoms with Crippen LogP contribution in [-0.4, -0.2) is 23.2 Å². The zero-order chi connectivity index (χ0) is 18.1. The van der Waals surface area contributed by atoms with Crippen molar-refractivity contribution < 1.29 is 9.59 Å². The van der Waals surface area contributed by atoms with Crippen LogP contribution in [0.3, 0.4) is 0 Å². The molecule has 0 aliphatic carbocycles. The predicted octanol–water partition coefficient (Wildman–Crippen LogP) is 3.64. The quantitative estimate of drug-likeness (QED) is 0.583. The van der Waals surface area contributed by atoms with Gasteiger partial charge in [0.15, 0.2) is 0 Å². The van der Waals surface area contributed by atoms with Crippen molar-refractivity contribution in [2.75, 3.05) is 0 Å². The summed E-state index contributed by atoms with van der Waals surface area (Å²) in [6.45, 7) is 1.69. The van der Waals surface area contributed by atoms with E-state index in [-0.39, 0.29) is 0 Å². The molecule has 0 saturated carbocycles. The number of imide groups is 1. The third-order valence-electron chi connectivity index (χ3n) is 4.66. The van der Waals surface area contributed by atoms with Crippen LogP contribution in [0.5, 0.6) is 0 Å². The number of hydrogen-bond acceptors (Lipinski definition) is 3. The summed E-state index contributed by atoms with van der Waals surface area (Å²) in [5.74, 6) is -0.398. The van der Waals surface area contributed by atoms with E-state index in [0.29, 0.717) is 0 Å². The molecule has 1 heterocycles. The first-order valence-electron chi connectivity index (χ1n) is 8.33. The standard InChI is InChI=1S/C21H17N3O2/c1-21(17-11-3-2-4-12-17)19(25)24(20(26)23-21)22-14-16-10-7-9-15-8-5-6-13-18(15)16/h2-14H,1H3,(H,23,26)/b22-14-/t21-/m1/s1. The minimum atomic E-state index is -1.12. The molecule has 0 aromatic heterocycles. The van der Waals surface area contributed by atoms with Gasteiger partial charge in [0.05, 0.1) is 6.21 Å². The second-order valence-electron chi connectivity index (χ2n) is 6.35. The monoisotopic (exact) mass is 343 g/mol. The number of carbonyl (C=O) groups is 2. The highest BCUT2D eigenvalue weighted by Gasteiger charge is 2.49. The smallest absolute Gasteiger partial charge is 0.318 e. The van der Waals surface area contributed by atoms with Gasteiger partial charge in [0.25, 0.3) is 5.91 Å². The van der Waals surface area contributed by atoms with Crippen molar-refractivity contribution in [3.63, 3.8) is 0 Å². The topological polar surface area (TPSA) is 61.8 Å². The molecule has 1 aliphatic rings. The summed E-state index contributed by atoms with van der Waals surface area (Å²) in [5.41, 5.74) is 0.451. The molecule has 1 aliphatic heterocycles. The third-order valence-corrected chi connectivity index (χ3v) is 4.66. The van der Waals surface area contributed by atoms with Gasteiger partial charge in [0.1, 0.15) is 5.54 Å². The Morgan fingerprint density at radius 2 is 1.62 bits per heavy atom. The first-order chi connectivity index (χ1) is 12.6. The van der Waals surface area contributed by atoms with Gasteiger partial charge >= 0.3 is 6.03 Å². The molecule has 3 aromatic rings. The number of hydrazone groups is 1. The van der Waals surface area contributed by atoms with E-state index in [1.54, 1.807) is 13.1 Å². The summed E-state index contributed by atoms with van der Waals surface area (Å²) >= 11 is 0. The maximum absolute atomic E-state index is 12.9. The largest absolute Gasteiger partial charge is 0.346 e. The number of nitrogens with zero attached hydrogens (tertiary/aromatic N) is 2. The fourth-order valence-corrected chi connectivity index (χ4v) is 3.18. The summed E-state index contributed by atoms with van der Waals surface area (Å²) in [7, 11) is 0. The maximum atomic E-state index is 12.9. The molecule has 26 heavy (non-hydrogen) atoms. The summed E-state index contributed by atoms with van der Waals surface area (Å²) in [6.07, 6.45) is 1.55. The molecule has 0 spiro atoms. The molecular formula is C21H17N3O2. The zero-order valence-corrected chi connectivity index (χ0v) is 14.2. The van der Waals surface area contributed by atoms with E-state index >= 15 is 0 Å². The summed E-state index contributed by atoms with van der Waals surface area (Å²) in [5, 5.41) is 9.90. The average molecular weight is 343 g/mol. The second kappa shape index (κ2) is 6.11. The van der Waals surface area contributed by atoms with Gasteiger partial charge in [0, 0.05) is 5.56 Å². The Labute approximate surface area is 150 Å². The fourth-order valence-electron chi connectivity index (χ4n) is 3.18. The molecule has 4 rings (SSSR count). The lowest BCUT2D eigenvalue weighted by atomic mass is 9.92. The Hall–Kier alpha value is -3.47. The van der Waals surface area contributed by atoms with Crippen molar-refractivity contribution in [3.8, 4) is 0 Å². The Balaban J connectivity index is 1.67. The lowest BCUT2D eigenvalue weighted by molar-refractivity contribution is -0.131. The van der Waals surface area contributed by atoms with Crippen LogP contribution in [0.15, 0.2) is 77.9 Å². The van der Waals surface area contributed by atoms with Crippen molar-refractivity contribution in [1.82, 2.24) is 10.3 Å². The van der Waals surface area contributed by atoms with E-state index < -0.39 is 17.5 Å². The van der Waals surface area contributed by atoms with Gasteiger partial charge in [-0.1, -0.05) is 72.8 Å². The van der Waals surface area contributed by atoms with Crippen molar-refractivity contribution in [2.45, 2.75) is 12.5 Å². The molecule has 3 amide bonds. The van der Waals surface area contributed by atoms with Crippen LogP contribution in [-0.2, 0) is 10.3 Å². The van der Waals surface area contributed by atoms with E-state index in [1.165, 1.54) is 0 Å². The van der Waals surface area contributed by atoms with E-state index in [9.17, 15) is 9.59 Å². The zero-order valence-electron chi connectivity index (χ0n) is 14.2. The number of benzene rings is 3. The summed E-state index contributed by atoms with van der Waals surface area (Å²) in [6, 6.07) is 22.4. The molecule has 5 heteroatoms. The van der Waals surface area contributed by atoms with Crippen molar-refractivity contribution in [3.05, 3.63) is 83.9 Å². The highest BCUT2D eigenvalue weighted by Crippen LogP contribution is 2.28. The molecule has 0 bridgehead atoms. The molecule has 3 aromatic carbocycles. The van der Waals surface area contributed by atoms with Crippen molar-refractivity contribution >= 4 is 28.9 Å². The molecule has 1 N–H and O–H groups in total. The SMILES string of the molecule is C[C@]1(c2ccccc2)NC(=O)N(/N=C\c2cccc3ccccc23)C1=O. The Morgan fingerprint density at radius 1 is 0.923 bits per heavy atom. The van der Waals surface area contributed by atoms with Gasteiger partial charge in [-0.2, -0.15) is 5.10 Å². The van der Waals surface area contributed by atoms with E-state index in [0.717, 1.165) is 26.9 Å². The Kier molecular flexibility index (Phi) is 3.77. The van der Waals surface area contributed by atoms with Crippen LogP contribution < -0.4 is 5.32 Å². The van der Waals surface area contributed by atoms with E-state index in [1.807, 2.05) is 72.8 Å². The van der Waals surface area contributed by atoms with Gasteiger partial charge in [-0.05, 0) is 23.3 Å². The molecule has 1 atom stereocenters. The minimum absolute atomic E-state index is 0.398. The van der Waals surface area contributed by atoms with Crippen LogP contribution in [0, 0.1) is 0 Å². The summed E-state index contributed by atoms with van der Waals surface area (Å²) in [4.78, 5) is 25.2. The molecule has 128 valence electrons. The Bertz CT molecular complexity index is 1020. The first-order valence-corrected chi connectivity index (χ1v) is 8.33. The molecular weight excluding hydrogens is 326 g/mol. The van der Waals surface area contributed by atoms with Gasteiger partial charge < -0.3 is 5.32 Å². The van der Waals surface area contributed by atoms with Gasteiger partial charge in [-0.15, -0.1) is 5.01 Å². The van der Waals surface area contributed by atoms with Crippen LogP contribution in [0.1, 0.15) is 18.1 Å². The van der Waals surface area contributed by atoms with Gasteiger partial charge in [-0.3, -0.25) is 4.79 Å². The van der Waals surface area contributed by atoms with Crippen LogP contribution >= 0.6 is 0 Å². The van der Waals surface area contributed by atoms with Crippen LogP contribution in [0.25, 0.3) is 10.8 Å². The predicted molar refractivity (Wildman–Crippen MR) is 101 cm³/mol. The second-order valence-corrected chi connectivity index (χ2v) is 6.35. The van der Waals surface area contributed by atoms with Crippen LogP contribution in [0.4, 0.5) is 4.79 Å². The molecule has 5 nitrogen and oxygen atoms in total. The minimum Gasteiger partial charge on any atom is -0.318 e. The molecule has 1 fully saturated rings. The number of fused-ring (bicyclic) bond motifs is 1. The number of amides is 3. The lowest BCUT2D eigenvalue weighted by Gasteiger charge is -2.20. The number of hydrogen-bond donors (Lipinski definition) is 1. The Morgan fingerprint density at radius 3 is 2.42 bits per heavy atom. The van der Waals surface area contributed by atoms with Gasteiger partial charge in [0.2, 0.25) is 0 Å². The number of urea groups is 1. The van der Waals surface area contributed by atoms with E-state index in [2.05, 4.69) is 10.4 Å². The number of nitrogens with one attached hydrogen (secondary N) is 1. The highest BCUT2D eigenvalue weighted by atomic mass is 16.2.